The molecule has 5 rings (SSSR count). The van der Waals surface area contributed by atoms with Crippen LogP contribution in [-0.4, -0.2) is 65.8 Å². The summed E-state index contributed by atoms with van der Waals surface area (Å²) in [6.07, 6.45) is 13.0. The van der Waals surface area contributed by atoms with Crippen molar-refractivity contribution in [2.75, 3.05) is 38.2 Å². The lowest BCUT2D eigenvalue weighted by atomic mass is 9.85. The first-order valence-electron chi connectivity index (χ1n) is 12.4. The number of anilines is 1. The van der Waals surface area contributed by atoms with E-state index in [-0.39, 0.29) is 11.9 Å². The Balaban J connectivity index is 1.17. The smallest absolute Gasteiger partial charge is 0.328 e. The van der Waals surface area contributed by atoms with E-state index < -0.39 is 0 Å². The summed E-state index contributed by atoms with van der Waals surface area (Å²) in [4.78, 5) is 28.1. The van der Waals surface area contributed by atoms with Crippen LogP contribution in [0, 0.1) is 11.8 Å². The molecule has 0 bridgehead atoms. The summed E-state index contributed by atoms with van der Waals surface area (Å²) in [5, 5.41) is 6.81. The summed E-state index contributed by atoms with van der Waals surface area (Å²) in [6.45, 7) is 4.02. The number of aromatic nitrogens is 2. The summed E-state index contributed by atoms with van der Waals surface area (Å²) < 4.78 is 7.33. The Labute approximate surface area is 195 Å². The summed E-state index contributed by atoms with van der Waals surface area (Å²) in [6, 6.07) is 3.94. The van der Waals surface area contributed by atoms with E-state index in [0.29, 0.717) is 25.0 Å². The van der Waals surface area contributed by atoms with E-state index in [1.807, 2.05) is 17.8 Å². The molecule has 3 amide bonds. The molecule has 2 aromatic heterocycles. The van der Waals surface area contributed by atoms with Gasteiger partial charge in [-0.05, 0) is 87.6 Å². The number of nitrogens with one attached hydrogen (secondary N) is 1. The average molecular weight is 454 g/mol. The fourth-order valence-electron chi connectivity index (χ4n) is 5.76. The van der Waals surface area contributed by atoms with Crippen molar-refractivity contribution in [2.45, 2.75) is 57.5 Å². The summed E-state index contributed by atoms with van der Waals surface area (Å²) in [5.41, 5.74) is 2.97. The first kappa shape index (κ1) is 22.3. The molecule has 2 aromatic rings. The molecule has 3 fully saturated rings. The molecule has 8 nitrogen and oxygen atoms in total. The molecule has 0 atom stereocenters. The Morgan fingerprint density at radius 1 is 1.06 bits per heavy atom. The number of ether oxygens (including phenoxy) is 1. The van der Waals surface area contributed by atoms with Gasteiger partial charge >= 0.3 is 6.03 Å². The highest BCUT2D eigenvalue weighted by molar-refractivity contribution is 6.07. The minimum atomic E-state index is -0.366. The molecule has 0 spiro atoms. The van der Waals surface area contributed by atoms with Crippen LogP contribution in [0.4, 0.5) is 10.5 Å². The van der Waals surface area contributed by atoms with Crippen LogP contribution in [0.1, 0.15) is 50.5 Å². The van der Waals surface area contributed by atoms with E-state index in [0.717, 1.165) is 23.5 Å². The molecule has 8 heteroatoms. The number of carbonyl (C=O) groups is 2. The van der Waals surface area contributed by atoms with E-state index in [1.54, 1.807) is 11.1 Å². The van der Waals surface area contributed by atoms with Gasteiger partial charge in [0.15, 0.2) is 0 Å². The van der Waals surface area contributed by atoms with Gasteiger partial charge in [-0.2, -0.15) is 5.10 Å². The highest BCUT2D eigenvalue weighted by atomic mass is 16.5. The van der Waals surface area contributed by atoms with Crippen molar-refractivity contribution in [3.05, 3.63) is 30.1 Å². The maximum atomic E-state index is 12.3. The lowest BCUT2D eigenvalue weighted by Crippen LogP contribution is -2.49. The van der Waals surface area contributed by atoms with Gasteiger partial charge in [0.25, 0.3) is 0 Å². The van der Waals surface area contributed by atoms with Crippen molar-refractivity contribution in [2.24, 2.45) is 11.8 Å². The van der Waals surface area contributed by atoms with E-state index in [4.69, 9.17) is 4.74 Å². The number of amides is 3. The number of likely N-dealkylation sites (tertiary alicyclic amines) is 1. The Hall–Kier alpha value is -2.45. The van der Waals surface area contributed by atoms with Crippen molar-refractivity contribution in [1.29, 1.82) is 0 Å². The number of urea groups is 1. The largest absolute Gasteiger partial charge is 0.381 e. The van der Waals surface area contributed by atoms with Crippen LogP contribution in [0.2, 0.25) is 0 Å². The minimum Gasteiger partial charge on any atom is -0.381 e. The van der Waals surface area contributed by atoms with Gasteiger partial charge in [0.1, 0.15) is 0 Å². The van der Waals surface area contributed by atoms with Crippen molar-refractivity contribution >= 4 is 23.1 Å². The van der Waals surface area contributed by atoms with E-state index in [1.165, 1.54) is 63.7 Å². The van der Waals surface area contributed by atoms with E-state index in [2.05, 4.69) is 27.4 Å². The van der Waals surface area contributed by atoms with Crippen molar-refractivity contribution in [1.82, 2.24) is 19.8 Å². The normalized spacial score (nSPS) is 25.5. The monoisotopic (exact) mass is 453 g/mol. The lowest BCUT2D eigenvalue weighted by molar-refractivity contribution is -0.120. The molecule has 0 radical (unpaired) electrons. The van der Waals surface area contributed by atoms with E-state index in [9.17, 15) is 9.59 Å². The van der Waals surface area contributed by atoms with Crippen molar-refractivity contribution < 1.29 is 14.3 Å². The standard InChI is InChI=1S/C25H35N5O3/c1-33-21-4-2-19(3-5-21)17-28-10-6-18(7-11-28)14-20-8-13-30-22(15-20)23(16-26-30)29-12-9-24(31)27-25(29)32/h8,13,15-16,18-19,21H,2-7,9-12,14,17H2,1H3,(H,27,31,32)/t19-,21-. The predicted octanol–water partition coefficient (Wildman–Crippen LogP) is 3.24. The molecular formula is C25H35N5O3. The van der Waals surface area contributed by atoms with Crippen LogP contribution in [0.3, 0.4) is 0 Å². The molecule has 2 aliphatic heterocycles. The number of piperidine rings is 1. The van der Waals surface area contributed by atoms with Gasteiger partial charge in [0.05, 0.1) is 23.5 Å². The number of rotatable bonds is 6. The maximum Gasteiger partial charge on any atom is 0.328 e. The van der Waals surface area contributed by atoms with E-state index >= 15 is 0 Å². The topological polar surface area (TPSA) is 79.2 Å². The molecule has 1 aliphatic carbocycles. The Morgan fingerprint density at radius 3 is 2.58 bits per heavy atom. The number of fused-ring (bicyclic) bond motifs is 1. The van der Waals surface area contributed by atoms with Crippen LogP contribution < -0.4 is 10.2 Å². The Morgan fingerprint density at radius 2 is 1.85 bits per heavy atom. The zero-order chi connectivity index (χ0) is 22.8. The molecule has 3 aliphatic rings. The lowest BCUT2D eigenvalue weighted by Gasteiger charge is -2.36. The second-order valence-corrected chi connectivity index (χ2v) is 9.98. The molecule has 0 aromatic carbocycles. The van der Waals surface area contributed by atoms with Gasteiger partial charge in [-0.3, -0.25) is 15.0 Å². The fourth-order valence-corrected chi connectivity index (χ4v) is 5.76. The number of carbonyl (C=O) groups excluding carboxylic acids is 2. The highest BCUT2D eigenvalue weighted by Gasteiger charge is 2.28. The second kappa shape index (κ2) is 9.81. The quantitative estimate of drug-likeness (QED) is 0.726. The van der Waals surface area contributed by atoms with Gasteiger partial charge < -0.3 is 9.64 Å². The summed E-state index contributed by atoms with van der Waals surface area (Å²) in [5.74, 6) is 1.30. The van der Waals surface area contributed by atoms with Crippen LogP contribution in [0.5, 0.6) is 0 Å². The van der Waals surface area contributed by atoms with Crippen molar-refractivity contribution in [3.8, 4) is 0 Å². The van der Waals surface area contributed by atoms with Crippen molar-refractivity contribution in [3.63, 3.8) is 0 Å². The number of hydrogen-bond acceptors (Lipinski definition) is 5. The second-order valence-electron chi connectivity index (χ2n) is 9.98. The highest BCUT2D eigenvalue weighted by Crippen LogP contribution is 2.30. The molecule has 2 saturated heterocycles. The number of methoxy groups -OCH3 is 1. The molecule has 1 saturated carbocycles. The van der Waals surface area contributed by atoms with Crippen LogP contribution in [-0.2, 0) is 16.0 Å². The molecule has 0 unspecified atom stereocenters. The third kappa shape index (κ3) is 5.06. The van der Waals surface area contributed by atoms with Gasteiger partial charge in [0, 0.05) is 32.8 Å². The molecule has 178 valence electrons. The molecular weight excluding hydrogens is 418 g/mol. The third-order valence-electron chi connectivity index (χ3n) is 7.79. The predicted molar refractivity (Wildman–Crippen MR) is 126 cm³/mol. The fraction of sp³-hybridized carbons (Fsp3) is 0.640. The number of imide groups is 1. The van der Waals surface area contributed by atoms with Gasteiger partial charge in [-0.15, -0.1) is 0 Å². The Kier molecular flexibility index (Phi) is 6.64. The zero-order valence-electron chi connectivity index (χ0n) is 19.5. The molecule has 1 N–H and O–H groups in total. The summed E-state index contributed by atoms with van der Waals surface area (Å²) in [7, 11) is 1.84. The minimum absolute atomic E-state index is 0.220. The zero-order valence-corrected chi connectivity index (χ0v) is 19.5. The first-order chi connectivity index (χ1) is 16.1. The van der Waals surface area contributed by atoms with Crippen LogP contribution >= 0.6 is 0 Å². The Bertz CT molecular complexity index is 989. The molecule has 33 heavy (non-hydrogen) atoms. The number of pyridine rings is 1. The SMILES string of the molecule is CO[C@H]1CC[C@H](CN2CCC(Cc3ccn4ncc(N5CCC(=O)NC5=O)c4c3)CC2)CC1. The number of hydrogen-bond donors (Lipinski definition) is 1. The average Bonchev–Trinajstić information content (AvgIpc) is 3.24. The van der Waals surface area contributed by atoms with Crippen LogP contribution in [0.15, 0.2) is 24.5 Å². The summed E-state index contributed by atoms with van der Waals surface area (Å²) >= 11 is 0. The van der Waals surface area contributed by atoms with Crippen LogP contribution in [0.25, 0.3) is 5.52 Å². The van der Waals surface area contributed by atoms with Gasteiger partial charge in [-0.1, -0.05) is 0 Å². The third-order valence-corrected chi connectivity index (χ3v) is 7.79. The van der Waals surface area contributed by atoms with Gasteiger partial charge in [-0.25, -0.2) is 9.31 Å². The van der Waals surface area contributed by atoms with Gasteiger partial charge in [0.2, 0.25) is 5.91 Å². The number of nitrogens with zero attached hydrogens (tertiary/aromatic N) is 4. The molecule has 4 heterocycles. The maximum absolute atomic E-state index is 12.3. The first-order valence-corrected chi connectivity index (χ1v) is 12.4.